The van der Waals surface area contributed by atoms with E-state index in [0.29, 0.717) is 19.0 Å². The Bertz CT molecular complexity index is 1030. The highest BCUT2D eigenvalue weighted by Crippen LogP contribution is 2.60. The van der Waals surface area contributed by atoms with Gasteiger partial charge in [-0.05, 0) is 55.6 Å². The van der Waals surface area contributed by atoms with E-state index in [2.05, 4.69) is 26.0 Å². The second-order valence-corrected chi connectivity index (χ2v) is 11.6. The van der Waals surface area contributed by atoms with Crippen LogP contribution >= 0.6 is 0 Å². The number of benzene rings is 1. The van der Waals surface area contributed by atoms with Gasteiger partial charge in [0.25, 0.3) is 0 Å². The van der Waals surface area contributed by atoms with Gasteiger partial charge in [-0.15, -0.1) is 0 Å². The number of esters is 1. The summed E-state index contributed by atoms with van der Waals surface area (Å²) in [7, 11) is 0. The van der Waals surface area contributed by atoms with Gasteiger partial charge in [0.15, 0.2) is 11.9 Å². The van der Waals surface area contributed by atoms with Crippen LogP contribution in [0.15, 0.2) is 24.3 Å². The zero-order chi connectivity index (χ0) is 25.1. The van der Waals surface area contributed by atoms with Crippen LogP contribution in [0.4, 0.5) is 0 Å². The van der Waals surface area contributed by atoms with Crippen LogP contribution in [0, 0.1) is 23.7 Å². The molecule has 0 aromatic heterocycles. The van der Waals surface area contributed by atoms with Crippen molar-refractivity contribution in [3.63, 3.8) is 0 Å². The topological polar surface area (TPSA) is 83.5 Å². The molecule has 1 aliphatic carbocycles. The van der Waals surface area contributed by atoms with Crippen molar-refractivity contribution in [2.24, 2.45) is 23.7 Å². The van der Waals surface area contributed by atoms with Crippen LogP contribution in [-0.2, 0) is 46.5 Å². The Morgan fingerprint density at radius 3 is 2.69 bits per heavy atom. The van der Waals surface area contributed by atoms with Crippen LogP contribution in [0.2, 0.25) is 0 Å². The number of hydrogen-bond acceptors (Lipinski definition) is 7. The molecule has 8 nitrogen and oxygen atoms in total. The highest BCUT2D eigenvalue weighted by atomic mass is 17.3. The molecule has 0 unspecified atom stereocenters. The van der Waals surface area contributed by atoms with Gasteiger partial charge < -0.3 is 19.1 Å². The fraction of sp³-hybridized carbons (Fsp3) is 0.714. The van der Waals surface area contributed by atoms with E-state index in [-0.39, 0.29) is 36.5 Å². The van der Waals surface area contributed by atoms with E-state index < -0.39 is 29.9 Å². The van der Waals surface area contributed by atoms with Gasteiger partial charge >= 0.3 is 5.97 Å². The monoisotopic (exact) mass is 499 g/mol. The Morgan fingerprint density at radius 2 is 1.86 bits per heavy atom. The summed E-state index contributed by atoms with van der Waals surface area (Å²) in [6.07, 6.45) is 3.32. The van der Waals surface area contributed by atoms with E-state index in [1.807, 2.05) is 24.0 Å². The van der Waals surface area contributed by atoms with Crippen molar-refractivity contribution in [2.75, 3.05) is 6.54 Å². The predicted octanol–water partition coefficient (Wildman–Crippen LogP) is 4.10. The SMILES string of the molecule is C[C@H]1[C@H](OC(=O)CCC(=O)N2CCc3ccccc3C2)O[C@@H]2O[C@@]3(C)CC[C@H]4[C@H](C)CC[C@H]1[C@@]24OO3. The van der Waals surface area contributed by atoms with Crippen molar-refractivity contribution in [3.8, 4) is 0 Å². The van der Waals surface area contributed by atoms with Crippen molar-refractivity contribution in [1.29, 1.82) is 0 Å². The second-order valence-electron chi connectivity index (χ2n) is 11.6. The summed E-state index contributed by atoms with van der Waals surface area (Å²) in [5.74, 6) is -0.568. The molecule has 8 heteroatoms. The number of carbonyl (C=O) groups excluding carboxylic acids is 2. The van der Waals surface area contributed by atoms with Crippen LogP contribution in [0.3, 0.4) is 0 Å². The number of nitrogens with zero attached hydrogens (tertiary/aromatic N) is 1. The maximum atomic E-state index is 12.8. The predicted molar refractivity (Wildman–Crippen MR) is 128 cm³/mol. The van der Waals surface area contributed by atoms with Crippen LogP contribution in [0.5, 0.6) is 0 Å². The molecule has 8 atom stereocenters. The molecule has 5 fully saturated rings. The van der Waals surface area contributed by atoms with Gasteiger partial charge in [-0.25, -0.2) is 9.78 Å². The number of rotatable bonds is 4. The number of amides is 1. The van der Waals surface area contributed by atoms with Gasteiger partial charge in [0.2, 0.25) is 18.0 Å². The van der Waals surface area contributed by atoms with E-state index in [4.69, 9.17) is 24.0 Å². The summed E-state index contributed by atoms with van der Waals surface area (Å²) < 4.78 is 18.5. The molecule has 1 amide bonds. The Morgan fingerprint density at radius 1 is 1.06 bits per heavy atom. The third-order valence-electron chi connectivity index (χ3n) is 9.37. The number of fused-ring (bicyclic) bond motifs is 3. The number of ether oxygens (including phenoxy) is 3. The van der Waals surface area contributed by atoms with Gasteiger partial charge in [-0.3, -0.25) is 9.59 Å². The zero-order valence-electron chi connectivity index (χ0n) is 21.4. The fourth-order valence-corrected chi connectivity index (χ4v) is 7.27. The molecule has 1 spiro atoms. The van der Waals surface area contributed by atoms with Gasteiger partial charge in [0.1, 0.15) is 0 Å². The zero-order valence-corrected chi connectivity index (χ0v) is 21.4. The fourth-order valence-electron chi connectivity index (χ4n) is 7.27. The van der Waals surface area contributed by atoms with Gasteiger partial charge in [-0.1, -0.05) is 38.1 Å². The molecule has 36 heavy (non-hydrogen) atoms. The molecule has 196 valence electrons. The molecule has 4 saturated heterocycles. The molecule has 0 N–H and O–H groups in total. The molecule has 1 aromatic rings. The highest BCUT2D eigenvalue weighted by molar-refractivity contribution is 5.81. The first-order valence-corrected chi connectivity index (χ1v) is 13.5. The van der Waals surface area contributed by atoms with Crippen LogP contribution in [0.1, 0.15) is 70.4 Å². The average Bonchev–Trinajstić information content (AvgIpc) is 3.11. The minimum Gasteiger partial charge on any atom is -0.435 e. The molecular weight excluding hydrogens is 462 g/mol. The van der Waals surface area contributed by atoms with Crippen molar-refractivity contribution >= 4 is 11.9 Å². The number of hydrogen-bond donors (Lipinski definition) is 0. The maximum absolute atomic E-state index is 12.8. The first-order chi connectivity index (χ1) is 17.3. The smallest absolute Gasteiger partial charge is 0.308 e. The Labute approximate surface area is 212 Å². The Hall–Kier alpha value is -2.00. The summed E-state index contributed by atoms with van der Waals surface area (Å²) in [5.41, 5.74) is 1.78. The van der Waals surface area contributed by atoms with Crippen molar-refractivity contribution in [1.82, 2.24) is 4.90 Å². The van der Waals surface area contributed by atoms with Crippen molar-refractivity contribution in [3.05, 3.63) is 35.4 Å². The van der Waals surface area contributed by atoms with E-state index in [9.17, 15) is 9.59 Å². The maximum Gasteiger partial charge on any atom is 0.308 e. The van der Waals surface area contributed by atoms with Crippen LogP contribution < -0.4 is 0 Å². The average molecular weight is 500 g/mol. The van der Waals surface area contributed by atoms with Gasteiger partial charge in [-0.2, -0.15) is 0 Å². The van der Waals surface area contributed by atoms with E-state index >= 15 is 0 Å². The Balaban J connectivity index is 1.10. The standard InChI is InChI=1S/C28H37NO7/c1-17-8-9-22-18(2)25(33-26-28(22)21(17)12-14-27(3,34-26)35-36-28)32-24(31)11-10-23(30)29-15-13-19-6-4-5-7-20(19)16-29/h4-7,17-18,21-22,25-26H,8-16H2,1-3H3/t17-,18-,21+,22-,25-,26-,27-,28-/m1/s1. The van der Waals surface area contributed by atoms with Crippen molar-refractivity contribution in [2.45, 2.75) is 96.2 Å². The summed E-state index contributed by atoms with van der Waals surface area (Å²) >= 11 is 0. The van der Waals surface area contributed by atoms with Crippen LogP contribution in [0.25, 0.3) is 0 Å². The van der Waals surface area contributed by atoms with Gasteiger partial charge in [0, 0.05) is 37.8 Å². The third kappa shape index (κ3) is 3.97. The van der Waals surface area contributed by atoms with E-state index in [1.54, 1.807) is 0 Å². The Kier molecular flexibility index (Phi) is 6.14. The molecule has 2 bridgehead atoms. The first kappa shape index (κ1) is 24.3. The summed E-state index contributed by atoms with van der Waals surface area (Å²) in [6.45, 7) is 7.47. The largest absolute Gasteiger partial charge is 0.435 e. The molecule has 1 saturated carbocycles. The molecule has 5 heterocycles. The minimum absolute atomic E-state index is 0.0231. The minimum atomic E-state index is -0.869. The molecular formula is C28H37NO7. The van der Waals surface area contributed by atoms with E-state index in [1.165, 1.54) is 11.1 Å². The quantitative estimate of drug-likeness (QED) is 0.456. The summed E-state index contributed by atoms with van der Waals surface area (Å²) in [6, 6.07) is 8.20. The number of carbonyl (C=O) groups is 2. The second kappa shape index (κ2) is 9.08. The van der Waals surface area contributed by atoms with Gasteiger partial charge in [0.05, 0.1) is 6.42 Å². The highest BCUT2D eigenvalue weighted by Gasteiger charge is 2.69. The summed E-state index contributed by atoms with van der Waals surface area (Å²) in [5, 5.41) is 0. The molecule has 6 aliphatic rings. The van der Waals surface area contributed by atoms with E-state index in [0.717, 1.165) is 32.1 Å². The van der Waals surface area contributed by atoms with Crippen molar-refractivity contribution < 1.29 is 33.6 Å². The molecule has 7 rings (SSSR count). The molecule has 5 aliphatic heterocycles. The lowest BCUT2D eigenvalue weighted by molar-refractivity contribution is -0.576. The lowest BCUT2D eigenvalue weighted by Crippen LogP contribution is -2.70. The molecule has 1 aromatic carbocycles. The third-order valence-corrected chi connectivity index (χ3v) is 9.37. The first-order valence-electron chi connectivity index (χ1n) is 13.5. The lowest BCUT2D eigenvalue weighted by Gasteiger charge is -2.59. The lowest BCUT2D eigenvalue weighted by atomic mass is 9.58. The molecule has 0 radical (unpaired) electrons. The summed E-state index contributed by atoms with van der Waals surface area (Å²) in [4.78, 5) is 39.5. The normalized spacial score (nSPS) is 41.1. The van der Waals surface area contributed by atoms with Crippen LogP contribution in [-0.4, -0.2) is 47.3 Å².